The van der Waals surface area contributed by atoms with Crippen LogP contribution < -0.4 is 11.5 Å². The van der Waals surface area contributed by atoms with Gasteiger partial charge in [-0.15, -0.1) is 0 Å². The lowest BCUT2D eigenvalue weighted by Gasteiger charge is -2.09. The van der Waals surface area contributed by atoms with Gasteiger partial charge in [0.1, 0.15) is 104 Å². The van der Waals surface area contributed by atoms with E-state index in [2.05, 4.69) is 84.1 Å². The quantitative estimate of drug-likeness (QED) is 0.102. The molecule has 2 amide bonds. The van der Waals surface area contributed by atoms with E-state index in [0.29, 0.717) is 52.5 Å². The van der Waals surface area contributed by atoms with Crippen molar-refractivity contribution in [3.05, 3.63) is 208 Å². The first-order valence-corrected chi connectivity index (χ1v) is 35.5. The lowest BCUT2D eigenvalue weighted by Crippen LogP contribution is -2.13. The number of aromatic nitrogens is 24. The normalized spacial score (nSPS) is 14.1. The highest BCUT2D eigenvalue weighted by Gasteiger charge is 2.31. The number of primary amides is 2. The molecule has 0 spiro atoms. The molecule has 30 nitrogen and oxygen atoms in total. The van der Waals surface area contributed by atoms with Crippen LogP contribution in [0.1, 0.15) is 123 Å². The zero-order valence-corrected chi connectivity index (χ0v) is 58.2. The van der Waals surface area contributed by atoms with Crippen molar-refractivity contribution in [3.63, 3.8) is 0 Å². The van der Waals surface area contributed by atoms with E-state index in [0.717, 1.165) is 152 Å². The van der Waals surface area contributed by atoms with Gasteiger partial charge in [-0.3, -0.25) is 45.9 Å². The molecule has 0 atom stereocenters. The first-order chi connectivity index (χ1) is 51.8. The molecule has 18 aromatic heterocycles. The maximum atomic E-state index is 11.8. The maximum Gasteiger partial charge on any atom is 0.306 e. The summed E-state index contributed by atoms with van der Waals surface area (Å²) in [6, 6.07) is 25.7. The maximum absolute atomic E-state index is 11.8. The van der Waals surface area contributed by atoms with Gasteiger partial charge in [-0.1, -0.05) is 0 Å². The Kier molecular flexibility index (Phi) is 15.0. The molecule has 20 heterocycles. The van der Waals surface area contributed by atoms with Crippen molar-refractivity contribution in [2.75, 3.05) is 0 Å². The molecule has 0 aromatic carbocycles. The van der Waals surface area contributed by atoms with Crippen LogP contribution in [-0.4, -0.2) is 126 Å². The standard InChI is InChI=1S/C20H19N7O.C20H21N7O.C18H14N6O.C18H16N6O/c21-20(28)15-10-22-16-6-3-12(11-26(15)16)19-18(23-17-2-1-8-25(17)19)14-7-9-27(24-14)13-4-5-13;1-12(2)27-9-7-14(24-27)18-19(25-8-3-4-17(25)23-18)13-5-6-16-22-10-15(20(21)28)26(16)11-13;1-4-15-19-6-8-22(15)11-12(1)17-16(20-18-23(17)9-10-25-18)14-5-7-24(21-14)13-2-3-13;1-12(2)24-7-5-14(21-24)16-17(23-9-10-25-18(23)20-16)13-3-4-15-19-6-8-22(15)11-13/h3,6-7,9-11,13H,1-2,4-5,8H2,(H2,21,28);5-7,9-12H,3-4,8H2,1-2H3,(H2,21,28);1,4-11,13H,2-3H2;3-12H,1-2H3. The van der Waals surface area contributed by atoms with E-state index in [9.17, 15) is 9.59 Å². The van der Waals surface area contributed by atoms with Crippen molar-refractivity contribution in [3.8, 4) is 90.6 Å². The summed E-state index contributed by atoms with van der Waals surface area (Å²) >= 11 is 0. The fourth-order valence-corrected chi connectivity index (χ4v) is 14.3. The molecule has 2 aliphatic heterocycles. The molecule has 2 fully saturated rings. The SMILES string of the molecule is CC(C)n1ccc(-c2nc3n(c2-c2ccc4ncc(C(N)=O)n4c2)CCC3)n1.CC(C)n1ccc(-c2nc3occn3c2-c2ccc3nccn3c2)n1.NC(=O)c1cnc2ccc(-c3c(-c4ccn(C5CC5)n4)nc4n3CCC4)cn12.c1cn2cc(-c3c(-c4ccn(C5CC5)n4)nc4occn34)ccc2n1. The van der Waals surface area contributed by atoms with Crippen LogP contribution in [-0.2, 0) is 25.9 Å². The van der Waals surface area contributed by atoms with E-state index in [1.165, 1.54) is 38.1 Å². The minimum absolute atomic E-state index is 0.284. The molecule has 4 aliphatic rings. The minimum Gasteiger partial charge on any atom is -0.432 e. The molecule has 0 radical (unpaired) electrons. The van der Waals surface area contributed by atoms with Crippen LogP contribution in [0.25, 0.3) is 125 Å². The third-order valence-electron chi connectivity index (χ3n) is 19.9. The van der Waals surface area contributed by atoms with Gasteiger partial charge in [0.05, 0.1) is 47.3 Å². The van der Waals surface area contributed by atoms with Crippen molar-refractivity contribution in [2.24, 2.45) is 11.5 Å². The van der Waals surface area contributed by atoms with E-state index in [-0.39, 0.29) is 6.04 Å². The number of hydrogen-bond acceptors (Lipinski definition) is 16. The molecule has 30 heteroatoms. The Morgan fingerprint density at radius 2 is 0.821 bits per heavy atom. The van der Waals surface area contributed by atoms with Crippen LogP contribution in [0.2, 0.25) is 0 Å². The minimum atomic E-state index is -0.501. The summed E-state index contributed by atoms with van der Waals surface area (Å²) in [5.74, 6) is 2.29. The smallest absolute Gasteiger partial charge is 0.306 e. The van der Waals surface area contributed by atoms with Gasteiger partial charge < -0.3 is 38.2 Å². The number of carbonyl (C=O) groups is 2. The Hall–Kier alpha value is -13.5. The van der Waals surface area contributed by atoms with Crippen LogP contribution in [0.3, 0.4) is 0 Å². The first-order valence-electron chi connectivity index (χ1n) is 35.5. The number of nitrogens with zero attached hydrogens (tertiary/aromatic N) is 24. The second kappa shape index (κ2) is 25.2. The van der Waals surface area contributed by atoms with E-state index >= 15 is 0 Å². The molecule has 0 bridgehead atoms. The highest BCUT2D eigenvalue weighted by molar-refractivity contribution is 5.93. The molecular weight excluding hydrogens is 1340 g/mol. The summed E-state index contributed by atoms with van der Waals surface area (Å²) in [6.45, 7) is 10.3. The van der Waals surface area contributed by atoms with Crippen LogP contribution in [0.15, 0.2) is 193 Å². The summed E-state index contributed by atoms with van der Waals surface area (Å²) < 4.78 is 34.9. The van der Waals surface area contributed by atoms with Crippen LogP contribution in [0.4, 0.5) is 0 Å². The van der Waals surface area contributed by atoms with Gasteiger partial charge in [0, 0.05) is 147 Å². The summed E-state index contributed by atoms with van der Waals surface area (Å²) in [4.78, 5) is 59.8. The average molecular weight is 1410 g/mol. The number of aryl methyl sites for hydroxylation is 2. The second-order valence-electron chi connectivity index (χ2n) is 27.6. The number of imidazole rings is 8. The van der Waals surface area contributed by atoms with E-state index in [1.807, 2.05) is 171 Å². The predicted octanol–water partition coefficient (Wildman–Crippen LogP) is 12.3. The summed E-state index contributed by atoms with van der Waals surface area (Å²) in [6.07, 6.45) is 42.4. The third kappa shape index (κ3) is 11.2. The Labute approximate surface area is 602 Å². The number of pyridine rings is 4. The van der Waals surface area contributed by atoms with Crippen LogP contribution in [0, 0.1) is 0 Å². The van der Waals surface area contributed by atoms with E-state index in [1.54, 1.807) is 33.7 Å². The van der Waals surface area contributed by atoms with Gasteiger partial charge in [-0.05, 0) is 139 Å². The lowest BCUT2D eigenvalue weighted by molar-refractivity contribution is 0.0986. The van der Waals surface area contributed by atoms with Gasteiger partial charge in [0.25, 0.3) is 11.8 Å². The molecule has 106 heavy (non-hydrogen) atoms. The van der Waals surface area contributed by atoms with Crippen LogP contribution in [0.5, 0.6) is 0 Å². The average Bonchev–Trinajstić information content (AvgIpc) is 1.62. The van der Waals surface area contributed by atoms with Crippen molar-refractivity contribution in [2.45, 2.75) is 116 Å². The number of amides is 2. The van der Waals surface area contributed by atoms with Crippen molar-refractivity contribution in [1.29, 1.82) is 0 Å². The number of hydrogen-bond donors (Lipinski definition) is 2. The molecule has 2 saturated carbocycles. The second-order valence-corrected chi connectivity index (χ2v) is 27.6. The zero-order valence-electron chi connectivity index (χ0n) is 58.2. The van der Waals surface area contributed by atoms with Crippen molar-refractivity contribution in [1.82, 2.24) is 115 Å². The van der Waals surface area contributed by atoms with Gasteiger partial charge >= 0.3 is 11.7 Å². The fraction of sp³-hybridized carbons (Fsp3) is 0.237. The molecule has 528 valence electrons. The number of rotatable bonds is 14. The van der Waals surface area contributed by atoms with E-state index in [4.69, 9.17) is 45.6 Å². The Morgan fingerprint density at radius 3 is 1.23 bits per heavy atom. The molecule has 22 rings (SSSR count). The largest absolute Gasteiger partial charge is 0.432 e. The van der Waals surface area contributed by atoms with Crippen molar-refractivity contribution >= 4 is 46.1 Å². The number of oxazole rings is 2. The Bertz CT molecular complexity index is 6030. The summed E-state index contributed by atoms with van der Waals surface area (Å²) in [5.41, 5.74) is 29.8. The Morgan fingerprint density at radius 1 is 0.425 bits per heavy atom. The molecule has 2 aliphatic carbocycles. The zero-order chi connectivity index (χ0) is 71.6. The Balaban J connectivity index is 0.0000000968. The van der Waals surface area contributed by atoms with E-state index < -0.39 is 11.8 Å². The monoisotopic (exact) mass is 1410 g/mol. The first kappa shape index (κ1) is 63.4. The van der Waals surface area contributed by atoms with Crippen LogP contribution >= 0.6 is 0 Å². The lowest BCUT2D eigenvalue weighted by atomic mass is 10.1. The molecule has 0 saturated heterocycles. The highest BCUT2D eigenvalue weighted by atomic mass is 16.3. The molecule has 18 aromatic rings. The van der Waals surface area contributed by atoms with Gasteiger partial charge in [-0.25, -0.2) is 29.9 Å². The number of carbonyl (C=O) groups excluding carboxylic acids is 2. The number of fused-ring (bicyclic) bond motifs is 8. The van der Waals surface area contributed by atoms with Gasteiger partial charge in [0.2, 0.25) is 0 Å². The fourth-order valence-electron chi connectivity index (χ4n) is 14.3. The molecule has 0 unspecified atom stereocenters. The summed E-state index contributed by atoms with van der Waals surface area (Å²) in [5, 5.41) is 18.9. The predicted molar refractivity (Wildman–Crippen MR) is 392 cm³/mol. The van der Waals surface area contributed by atoms with Gasteiger partial charge in [0.15, 0.2) is 0 Å². The van der Waals surface area contributed by atoms with Gasteiger partial charge in [-0.2, -0.15) is 30.4 Å². The topological polar surface area (TPSA) is 323 Å². The third-order valence-corrected chi connectivity index (χ3v) is 19.9. The number of nitrogens with two attached hydrogens (primary N) is 2. The molecule has 4 N–H and O–H groups in total. The summed E-state index contributed by atoms with van der Waals surface area (Å²) in [7, 11) is 0. The highest BCUT2D eigenvalue weighted by Crippen LogP contribution is 2.42. The van der Waals surface area contributed by atoms with Crippen molar-refractivity contribution < 1.29 is 18.4 Å². The molecular formula is C76H70N26O4.